The molecular weight excluding hydrogens is 385 g/mol. The normalized spacial score (nSPS) is 31.3. The summed E-state index contributed by atoms with van der Waals surface area (Å²) in [5.74, 6) is 1.46. The second-order valence-corrected chi connectivity index (χ2v) is 11.2. The average molecular weight is 420 g/mol. The Kier molecular flexibility index (Phi) is 6.67. The Hall–Kier alpha value is -0.601. The minimum atomic E-state index is 0.201. The molecule has 4 atom stereocenters. The maximum absolute atomic E-state index is 6.78. The molecule has 0 unspecified atom stereocenters. The van der Waals surface area contributed by atoms with Gasteiger partial charge in [-0.3, -0.25) is 0 Å². The van der Waals surface area contributed by atoms with Crippen LogP contribution in [0.4, 0.5) is 0 Å². The quantitative estimate of drug-likeness (QED) is 0.508. The van der Waals surface area contributed by atoms with Crippen LogP contribution in [0.5, 0.6) is 0 Å². The Morgan fingerprint density at radius 1 is 1.23 bits per heavy atom. The molecule has 1 aliphatic carbocycles. The van der Waals surface area contributed by atoms with E-state index in [9.17, 15) is 0 Å². The molecule has 1 saturated carbocycles. The molecule has 2 nitrogen and oxygen atoms in total. The van der Waals surface area contributed by atoms with Crippen LogP contribution in [-0.2, 0) is 4.74 Å². The van der Waals surface area contributed by atoms with Gasteiger partial charge in [0.25, 0.3) is 0 Å². The van der Waals surface area contributed by atoms with E-state index in [4.69, 9.17) is 4.74 Å². The van der Waals surface area contributed by atoms with Crippen LogP contribution >= 0.6 is 0 Å². The van der Waals surface area contributed by atoms with Crippen molar-refractivity contribution in [1.29, 1.82) is 0 Å². The summed E-state index contributed by atoms with van der Waals surface area (Å²) in [7, 11) is 0. The molecule has 0 amide bonds. The zero-order valence-electron chi connectivity index (χ0n) is 17.1. The van der Waals surface area contributed by atoms with Gasteiger partial charge in [0, 0.05) is 0 Å². The fourth-order valence-electron chi connectivity index (χ4n) is 4.59. The summed E-state index contributed by atoms with van der Waals surface area (Å²) in [5.41, 5.74) is 1.60. The molecule has 1 aromatic rings. The molecule has 2 aliphatic rings. The molecular formula is C23H35NOSe. The van der Waals surface area contributed by atoms with E-state index in [0.717, 1.165) is 17.8 Å². The van der Waals surface area contributed by atoms with Gasteiger partial charge in [-0.15, -0.1) is 0 Å². The first-order valence-corrected chi connectivity index (χ1v) is 12.2. The van der Waals surface area contributed by atoms with Crippen molar-refractivity contribution in [3.63, 3.8) is 0 Å². The summed E-state index contributed by atoms with van der Waals surface area (Å²) in [6.45, 7) is 12.7. The summed E-state index contributed by atoms with van der Waals surface area (Å²) in [5, 5.41) is 1.13. The summed E-state index contributed by atoms with van der Waals surface area (Å²) in [6.07, 6.45) is 6.95. The van der Waals surface area contributed by atoms with Gasteiger partial charge < -0.3 is 0 Å². The molecule has 0 spiro atoms. The number of allylic oxidation sites excluding steroid dienone is 1. The van der Waals surface area contributed by atoms with E-state index < -0.39 is 0 Å². The molecule has 1 heterocycles. The van der Waals surface area contributed by atoms with Gasteiger partial charge in [0.1, 0.15) is 0 Å². The van der Waals surface area contributed by atoms with Gasteiger partial charge in [0.05, 0.1) is 0 Å². The number of hydrogen-bond acceptors (Lipinski definition) is 2. The van der Waals surface area contributed by atoms with Crippen molar-refractivity contribution >= 4 is 19.4 Å². The Morgan fingerprint density at radius 2 is 1.96 bits per heavy atom. The number of nitrogens with zero attached hydrogens (tertiary/aromatic N) is 1. The molecule has 2 fully saturated rings. The number of benzene rings is 1. The first-order valence-electron chi connectivity index (χ1n) is 10.1. The molecule has 0 aromatic heterocycles. The van der Waals surface area contributed by atoms with Crippen molar-refractivity contribution in [3.05, 3.63) is 42.0 Å². The topological polar surface area (TPSA) is 12.5 Å². The third-order valence-corrected chi connectivity index (χ3v) is 8.43. The fourth-order valence-corrected chi connectivity index (χ4v) is 6.57. The molecule has 26 heavy (non-hydrogen) atoms. The van der Waals surface area contributed by atoms with E-state index in [1.807, 2.05) is 0 Å². The van der Waals surface area contributed by atoms with Crippen molar-refractivity contribution in [2.24, 2.45) is 11.8 Å². The van der Waals surface area contributed by atoms with Gasteiger partial charge in [0.2, 0.25) is 0 Å². The van der Waals surface area contributed by atoms with Gasteiger partial charge in [-0.25, -0.2) is 0 Å². The molecule has 3 rings (SSSR count). The van der Waals surface area contributed by atoms with Crippen LogP contribution in [0.25, 0.3) is 0 Å². The Morgan fingerprint density at radius 3 is 2.65 bits per heavy atom. The third kappa shape index (κ3) is 4.62. The fraction of sp³-hybridized carbons (Fsp3) is 0.652. The zero-order chi connectivity index (χ0) is 18.7. The van der Waals surface area contributed by atoms with Crippen LogP contribution in [0.2, 0.25) is 5.32 Å². The van der Waals surface area contributed by atoms with Crippen molar-refractivity contribution in [3.8, 4) is 0 Å². The van der Waals surface area contributed by atoms with Gasteiger partial charge in [0.15, 0.2) is 0 Å². The van der Waals surface area contributed by atoms with Crippen LogP contribution in [0, 0.1) is 11.8 Å². The van der Waals surface area contributed by atoms with Crippen LogP contribution in [0.15, 0.2) is 42.0 Å². The summed E-state index contributed by atoms with van der Waals surface area (Å²) < 4.78 is 8.25. The van der Waals surface area contributed by atoms with Gasteiger partial charge in [-0.2, -0.15) is 0 Å². The molecule has 1 aliphatic heterocycles. The van der Waals surface area contributed by atoms with Gasteiger partial charge in [-0.1, -0.05) is 0 Å². The summed E-state index contributed by atoms with van der Waals surface area (Å²) >= 11 is 0.457. The third-order valence-electron chi connectivity index (χ3n) is 6.21. The predicted octanol–water partition coefficient (Wildman–Crippen LogP) is 4.64. The molecule has 0 N–H and O–H groups in total. The van der Waals surface area contributed by atoms with Crippen molar-refractivity contribution < 1.29 is 4.74 Å². The minimum absolute atomic E-state index is 0.201. The SMILES string of the molecule is CC(C)=CCN1[C@H](C[Se]c2ccccc2)O[C@@H]2C[C@H](C)CC[C@H]2C1(C)C. The van der Waals surface area contributed by atoms with Gasteiger partial charge in [-0.05, 0) is 0 Å². The van der Waals surface area contributed by atoms with E-state index >= 15 is 0 Å². The molecule has 0 bridgehead atoms. The molecule has 1 aromatic carbocycles. The van der Waals surface area contributed by atoms with E-state index in [-0.39, 0.29) is 11.8 Å². The van der Waals surface area contributed by atoms with Crippen LogP contribution < -0.4 is 4.46 Å². The Labute approximate surface area is 166 Å². The van der Waals surface area contributed by atoms with Crippen molar-refractivity contribution in [1.82, 2.24) is 4.90 Å². The monoisotopic (exact) mass is 421 g/mol. The van der Waals surface area contributed by atoms with Crippen LogP contribution in [0.1, 0.15) is 53.9 Å². The molecule has 3 heteroatoms. The summed E-state index contributed by atoms with van der Waals surface area (Å²) in [4.78, 5) is 2.65. The number of hydrogen-bond donors (Lipinski definition) is 0. The van der Waals surface area contributed by atoms with E-state index in [2.05, 4.69) is 75.9 Å². The first kappa shape index (κ1) is 20.1. The first-order chi connectivity index (χ1) is 12.4. The Balaban J connectivity index is 1.79. The van der Waals surface area contributed by atoms with E-state index in [0.29, 0.717) is 27.0 Å². The van der Waals surface area contributed by atoms with Crippen molar-refractivity contribution in [2.45, 2.75) is 77.1 Å². The summed E-state index contributed by atoms with van der Waals surface area (Å²) in [6, 6.07) is 10.9. The van der Waals surface area contributed by atoms with E-state index in [1.54, 1.807) is 0 Å². The number of rotatable bonds is 5. The predicted molar refractivity (Wildman–Crippen MR) is 112 cm³/mol. The standard InChI is InChI=1S/C23H35NOSe/c1-17(2)13-14-24-22(16-26-19-9-7-6-8-10-19)25-21-15-18(3)11-12-20(21)23(24,4)5/h6-10,13,18,20-22H,11-12,14-16H2,1-5H3/t18-,20-,21-,22+/m1/s1. The Bertz CT molecular complexity index is 608. The van der Waals surface area contributed by atoms with Crippen LogP contribution in [0.3, 0.4) is 0 Å². The van der Waals surface area contributed by atoms with E-state index in [1.165, 1.54) is 29.3 Å². The second kappa shape index (κ2) is 8.61. The van der Waals surface area contributed by atoms with Crippen molar-refractivity contribution in [2.75, 3.05) is 6.54 Å². The second-order valence-electron chi connectivity index (χ2n) is 8.87. The molecule has 1 saturated heterocycles. The number of fused-ring (bicyclic) bond motifs is 1. The van der Waals surface area contributed by atoms with Crippen LogP contribution in [-0.4, -0.2) is 44.3 Å². The average Bonchev–Trinajstić information content (AvgIpc) is 2.59. The zero-order valence-corrected chi connectivity index (χ0v) is 18.8. The number of ether oxygens (including phenoxy) is 1. The molecule has 144 valence electrons. The van der Waals surface area contributed by atoms with Gasteiger partial charge >= 0.3 is 166 Å². The molecule has 0 radical (unpaired) electrons. The maximum atomic E-state index is 6.78.